The lowest BCUT2D eigenvalue weighted by Crippen LogP contribution is -2.15. The molecule has 0 atom stereocenters. The number of hydrogen-bond acceptors (Lipinski definition) is 5. The highest BCUT2D eigenvalue weighted by molar-refractivity contribution is 7.19. The molecule has 1 amide bonds. The van der Waals surface area contributed by atoms with Gasteiger partial charge in [0.05, 0.1) is 7.11 Å². The lowest BCUT2D eigenvalue weighted by molar-refractivity contribution is 0.0997. The maximum atomic E-state index is 12.1. The largest absolute Gasteiger partial charge is 0.480 e. The van der Waals surface area contributed by atoms with E-state index >= 15 is 0 Å². The molecule has 23 heavy (non-hydrogen) atoms. The number of nitrogens with zero attached hydrogens (tertiary/aromatic N) is 1. The van der Waals surface area contributed by atoms with Crippen LogP contribution in [0.5, 0.6) is 5.88 Å². The molecule has 2 N–H and O–H groups in total. The van der Waals surface area contributed by atoms with E-state index in [2.05, 4.69) is 4.98 Å². The van der Waals surface area contributed by atoms with E-state index in [-0.39, 0.29) is 0 Å². The van der Waals surface area contributed by atoms with Gasteiger partial charge >= 0.3 is 0 Å². The van der Waals surface area contributed by atoms with Crippen LogP contribution in [0.1, 0.15) is 33.6 Å². The first kappa shape index (κ1) is 14.7. The Balaban J connectivity index is 2.17. The number of thiophene rings is 2. The first-order chi connectivity index (χ1) is 11.2. The van der Waals surface area contributed by atoms with Gasteiger partial charge in [-0.05, 0) is 42.7 Å². The zero-order chi connectivity index (χ0) is 16.0. The van der Waals surface area contributed by atoms with Gasteiger partial charge in [0.1, 0.15) is 10.4 Å². The minimum atomic E-state index is -0.490. The van der Waals surface area contributed by atoms with Crippen molar-refractivity contribution in [3.63, 3.8) is 0 Å². The SMILES string of the molecule is COc1nc2sc3c(c2c(-c2cccs2)c1C(N)=O)CCCC3. The Bertz CT molecular complexity index is 897. The zero-order valence-corrected chi connectivity index (χ0v) is 14.4. The van der Waals surface area contributed by atoms with Gasteiger partial charge in [0.2, 0.25) is 5.88 Å². The molecule has 3 heterocycles. The van der Waals surface area contributed by atoms with Gasteiger partial charge in [0.25, 0.3) is 5.91 Å². The number of amides is 1. The van der Waals surface area contributed by atoms with Crippen molar-refractivity contribution in [3.05, 3.63) is 33.5 Å². The predicted octanol–water partition coefficient (Wildman–Crippen LogP) is 4.01. The van der Waals surface area contributed by atoms with E-state index in [1.807, 2.05) is 17.5 Å². The van der Waals surface area contributed by atoms with Crippen LogP contribution in [-0.4, -0.2) is 18.0 Å². The van der Waals surface area contributed by atoms with Crippen LogP contribution in [0.25, 0.3) is 20.7 Å². The number of hydrogen-bond donors (Lipinski definition) is 1. The average Bonchev–Trinajstić information content (AvgIpc) is 3.20. The molecule has 6 heteroatoms. The van der Waals surface area contributed by atoms with E-state index in [1.165, 1.54) is 30.4 Å². The maximum absolute atomic E-state index is 12.1. The van der Waals surface area contributed by atoms with Crippen molar-refractivity contribution < 1.29 is 9.53 Å². The standard InChI is InChI=1S/C17H16N2O2S2/c1-21-16-14(15(18)20)13(11-7-4-8-22-11)12-9-5-2-3-6-10(9)23-17(12)19-16/h4,7-8H,2-3,5-6H2,1H3,(H2,18,20). The van der Waals surface area contributed by atoms with Gasteiger partial charge < -0.3 is 10.5 Å². The Morgan fingerprint density at radius 2 is 2.17 bits per heavy atom. The molecule has 0 saturated carbocycles. The molecule has 0 bridgehead atoms. The number of primary amides is 1. The van der Waals surface area contributed by atoms with Crippen molar-refractivity contribution >= 4 is 38.8 Å². The van der Waals surface area contributed by atoms with E-state index in [9.17, 15) is 4.79 Å². The fourth-order valence-corrected chi connectivity index (χ4v) is 5.36. The number of aromatic nitrogens is 1. The second-order valence-electron chi connectivity index (χ2n) is 5.60. The Hall–Kier alpha value is -1.92. The molecular formula is C17H16N2O2S2. The highest BCUT2D eigenvalue weighted by Crippen LogP contribution is 2.45. The molecule has 0 saturated heterocycles. The highest BCUT2D eigenvalue weighted by Gasteiger charge is 2.27. The summed E-state index contributed by atoms with van der Waals surface area (Å²) in [7, 11) is 1.53. The number of carbonyl (C=O) groups is 1. The predicted molar refractivity (Wildman–Crippen MR) is 94.6 cm³/mol. The molecule has 1 aliphatic rings. The first-order valence-corrected chi connectivity index (χ1v) is 9.26. The number of fused-ring (bicyclic) bond motifs is 3. The molecule has 118 valence electrons. The van der Waals surface area contributed by atoms with Gasteiger partial charge in [0.15, 0.2) is 0 Å². The fraction of sp³-hybridized carbons (Fsp3) is 0.294. The summed E-state index contributed by atoms with van der Waals surface area (Å²) in [4.78, 5) is 20.1. The Morgan fingerprint density at radius 1 is 1.35 bits per heavy atom. The number of ether oxygens (including phenoxy) is 1. The molecule has 0 spiro atoms. The van der Waals surface area contributed by atoms with E-state index < -0.39 is 5.91 Å². The number of methoxy groups -OCH3 is 1. The third kappa shape index (κ3) is 2.24. The third-order valence-corrected chi connectivity index (χ3v) is 6.35. The van der Waals surface area contributed by atoms with Crippen LogP contribution in [0.15, 0.2) is 17.5 Å². The topological polar surface area (TPSA) is 65.2 Å². The molecule has 0 aliphatic heterocycles. The van der Waals surface area contributed by atoms with Crippen molar-refractivity contribution in [1.29, 1.82) is 0 Å². The lowest BCUT2D eigenvalue weighted by Gasteiger charge is -2.14. The quantitative estimate of drug-likeness (QED) is 0.781. The Labute approximate surface area is 141 Å². The van der Waals surface area contributed by atoms with E-state index in [0.717, 1.165) is 33.5 Å². The summed E-state index contributed by atoms with van der Waals surface area (Å²) in [6, 6.07) is 4.01. The summed E-state index contributed by atoms with van der Waals surface area (Å²) in [5, 5.41) is 3.11. The smallest absolute Gasteiger partial charge is 0.254 e. The van der Waals surface area contributed by atoms with E-state index in [0.29, 0.717) is 11.4 Å². The van der Waals surface area contributed by atoms with Crippen LogP contribution in [0.4, 0.5) is 0 Å². The van der Waals surface area contributed by atoms with Gasteiger partial charge in [-0.25, -0.2) is 4.98 Å². The van der Waals surface area contributed by atoms with Crippen molar-refractivity contribution in [3.8, 4) is 16.3 Å². The molecule has 4 rings (SSSR count). The summed E-state index contributed by atoms with van der Waals surface area (Å²) in [6.45, 7) is 0. The molecule has 0 radical (unpaired) electrons. The number of aryl methyl sites for hydroxylation is 2. The summed E-state index contributed by atoms with van der Waals surface area (Å²) in [5.74, 6) is -0.164. The van der Waals surface area contributed by atoms with Crippen molar-refractivity contribution in [2.24, 2.45) is 5.73 Å². The van der Waals surface area contributed by atoms with Crippen LogP contribution >= 0.6 is 22.7 Å². The summed E-state index contributed by atoms with van der Waals surface area (Å²) in [5.41, 5.74) is 8.32. The van der Waals surface area contributed by atoms with Gasteiger partial charge in [-0.2, -0.15) is 0 Å². The highest BCUT2D eigenvalue weighted by atomic mass is 32.1. The molecule has 1 aliphatic carbocycles. The third-order valence-electron chi connectivity index (χ3n) is 4.28. The van der Waals surface area contributed by atoms with E-state index in [1.54, 1.807) is 22.7 Å². The summed E-state index contributed by atoms with van der Waals surface area (Å²) in [6.07, 6.45) is 4.53. The monoisotopic (exact) mass is 344 g/mol. The normalized spacial score (nSPS) is 14.0. The summed E-state index contributed by atoms with van der Waals surface area (Å²) < 4.78 is 5.38. The molecular weight excluding hydrogens is 328 g/mol. The fourth-order valence-electron chi connectivity index (χ4n) is 3.31. The maximum Gasteiger partial charge on any atom is 0.254 e. The van der Waals surface area contributed by atoms with Crippen LogP contribution in [0.3, 0.4) is 0 Å². The molecule has 4 nitrogen and oxygen atoms in total. The number of rotatable bonds is 3. The number of pyridine rings is 1. The summed E-state index contributed by atoms with van der Waals surface area (Å²) >= 11 is 3.33. The lowest BCUT2D eigenvalue weighted by atomic mass is 9.93. The van der Waals surface area contributed by atoms with Gasteiger partial charge in [0, 0.05) is 20.7 Å². The van der Waals surface area contributed by atoms with Gasteiger partial charge in [-0.15, -0.1) is 22.7 Å². The van der Waals surface area contributed by atoms with Crippen LogP contribution in [-0.2, 0) is 12.8 Å². The second-order valence-corrected chi connectivity index (χ2v) is 7.63. The molecule has 0 fully saturated rings. The number of nitrogens with two attached hydrogens (primary N) is 1. The average molecular weight is 344 g/mol. The Kier molecular flexibility index (Phi) is 3.58. The van der Waals surface area contributed by atoms with Crippen molar-refractivity contribution in [2.45, 2.75) is 25.7 Å². The van der Waals surface area contributed by atoms with Crippen molar-refractivity contribution in [1.82, 2.24) is 4.98 Å². The Morgan fingerprint density at radius 3 is 2.87 bits per heavy atom. The number of carbonyl (C=O) groups excluding carboxylic acids is 1. The minimum Gasteiger partial charge on any atom is -0.480 e. The van der Waals surface area contributed by atoms with Crippen LogP contribution in [0, 0.1) is 0 Å². The molecule has 0 unspecified atom stereocenters. The van der Waals surface area contributed by atoms with Crippen LogP contribution < -0.4 is 10.5 Å². The second kappa shape index (κ2) is 5.62. The van der Waals surface area contributed by atoms with Crippen molar-refractivity contribution in [2.75, 3.05) is 7.11 Å². The first-order valence-electron chi connectivity index (χ1n) is 7.56. The van der Waals surface area contributed by atoms with Crippen LogP contribution in [0.2, 0.25) is 0 Å². The van der Waals surface area contributed by atoms with Gasteiger partial charge in [-0.3, -0.25) is 4.79 Å². The van der Waals surface area contributed by atoms with E-state index in [4.69, 9.17) is 10.5 Å². The molecule has 3 aromatic rings. The minimum absolute atomic E-state index is 0.326. The molecule has 3 aromatic heterocycles. The zero-order valence-electron chi connectivity index (χ0n) is 12.7. The van der Waals surface area contributed by atoms with Gasteiger partial charge in [-0.1, -0.05) is 6.07 Å². The molecule has 0 aromatic carbocycles.